The summed E-state index contributed by atoms with van der Waals surface area (Å²) in [6.07, 6.45) is 3.29. The maximum atomic E-state index is 5.72. The summed E-state index contributed by atoms with van der Waals surface area (Å²) in [5.74, 6) is 1.92. The molecule has 0 spiro atoms. The molecule has 1 aromatic carbocycles. The first kappa shape index (κ1) is 11.6. The van der Waals surface area contributed by atoms with Crippen molar-refractivity contribution in [1.29, 1.82) is 0 Å². The Morgan fingerprint density at radius 3 is 2.76 bits per heavy atom. The molecule has 0 unspecified atom stereocenters. The van der Waals surface area contributed by atoms with Crippen LogP contribution in [0.25, 0.3) is 10.9 Å². The fourth-order valence-electron chi connectivity index (χ4n) is 1.52. The molecule has 2 aromatic rings. The highest BCUT2D eigenvalue weighted by Gasteiger charge is 2.08. The molecule has 0 aliphatic heterocycles. The van der Waals surface area contributed by atoms with E-state index >= 15 is 0 Å². The first-order valence-corrected chi connectivity index (χ1v) is 5.61. The zero-order valence-corrected chi connectivity index (χ0v) is 10.3. The largest absolute Gasteiger partial charge is 0.493 e. The first-order valence-electron chi connectivity index (χ1n) is 5.61. The molecule has 0 radical (unpaired) electrons. The standard InChI is InChI=1S/C13H16N2O2/c1-9(2)7-17-13-4-10-6-14-8-15-11(10)5-12(13)16-3/h4-6,8-9H,7H2,1-3H3. The van der Waals surface area contributed by atoms with Gasteiger partial charge in [0.25, 0.3) is 0 Å². The normalized spacial score (nSPS) is 10.8. The minimum absolute atomic E-state index is 0.474. The Balaban J connectivity index is 2.38. The molecule has 0 atom stereocenters. The zero-order chi connectivity index (χ0) is 12.3. The van der Waals surface area contributed by atoms with E-state index in [4.69, 9.17) is 9.47 Å². The van der Waals surface area contributed by atoms with Gasteiger partial charge in [0.1, 0.15) is 6.33 Å². The van der Waals surface area contributed by atoms with Crippen molar-refractivity contribution >= 4 is 10.9 Å². The topological polar surface area (TPSA) is 44.2 Å². The smallest absolute Gasteiger partial charge is 0.162 e. The Morgan fingerprint density at radius 2 is 2.06 bits per heavy atom. The van der Waals surface area contributed by atoms with Gasteiger partial charge in [-0.05, 0) is 12.0 Å². The van der Waals surface area contributed by atoms with Crippen LogP contribution in [0.2, 0.25) is 0 Å². The van der Waals surface area contributed by atoms with E-state index in [-0.39, 0.29) is 0 Å². The van der Waals surface area contributed by atoms with Gasteiger partial charge in [-0.3, -0.25) is 0 Å². The predicted octanol–water partition coefficient (Wildman–Crippen LogP) is 2.67. The van der Waals surface area contributed by atoms with Crippen LogP contribution in [0, 0.1) is 5.92 Å². The van der Waals surface area contributed by atoms with Crippen molar-refractivity contribution in [2.24, 2.45) is 5.92 Å². The lowest BCUT2D eigenvalue weighted by Crippen LogP contribution is -2.05. The molecule has 17 heavy (non-hydrogen) atoms. The molecular weight excluding hydrogens is 216 g/mol. The van der Waals surface area contributed by atoms with Crippen LogP contribution in [-0.4, -0.2) is 23.7 Å². The first-order chi connectivity index (χ1) is 8.20. The van der Waals surface area contributed by atoms with E-state index in [9.17, 15) is 0 Å². The van der Waals surface area contributed by atoms with Crippen molar-refractivity contribution in [3.8, 4) is 11.5 Å². The van der Waals surface area contributed by atoms with Gasteiger partial charge in [-0.2, -0.15) is 0 Å². The lowest BCUT2D eigenvalue weighted by molar-refractivity contribution is 0.257. The highest BCUT2D eigenvalue weighted by atomic mass is 16.5. The van der Waals surface area contributed by atoms with Gasteiger partial charge >= 0.3 is 0 Å². The van der Waals surface area contributed by atoms with E-state index < -0.39 is 0 Å². The number of ether oxygens (including phenoxy) is 2. The molecule has 2 rings (SSSR count). The lowest BCUT2D eigenvalue weighted by Gasteiger charge is -2.13. The van der Waals surface area contributed by atoms with E-state index in [1.807, 2.05) is 12.1 Å². The fraction of sp³-hybridized carbons (Fsp3) is 0.385. The summed E-state index contributed by atoms with van der Waals surface area (Å²) in [5, 5.41) is 0.951. The van der Waals surface area contributed by atoms with Crippen molar-refractivity contribution < 1.29 is 9.47 Å². The molecule has 1 heterocycles. The molecule has 4 nitrogen and oxygen atoms in total. The van der Waals surface area contributed by atoms with Crippen LogP contribution >= 0.6 is 0 Å². The number of hydrogen-bond donors (Lipinski definition) is 0. The average Bonchev–Trinajstić information content (AvgIpc) is 2.35. The van der Waals surface area contributed by atoms with Gasteiger partial charge in [-0.1, -0.05) is 13.8 Å². The summed E-state index contributed by atoms with van der Waals surface area (Å²) < 4.78 is 11.0. The monoisotopic (exact) mass is 232 g/mol. The fourth-order valence-corrected chi connectivity index (χ4v) is 1.52. The molecule has 1 aromatic heterocycles. The van der Waals surface area contributed by atoms with Gasteiger partial charge in [-0.25, -0.2) is 9.97 Å². The van der Waals surface area contributed by atoms with E-state index in [0.717, 1.165) is 16.7 Å². The highest BCUT2D eigenvalue weighted by Crippen LogP contribution is 2.31. The second kappa shape index (κ2) is 4.99. The van der Waals surface area contributed by atoms with Crippen molar-refractivity contribution in [3.63, 3.8) is 0 Å². The molecule has 0 fully saturated rings. The SMILES string of the molecule is COc1cc2ncncc2cc1OCC(C)C. The van der Waals surface area contributed by atoms with Crippen molar-refractivity contribution in [1.82, 2.24) is 9.97 Å². The molecule has 4 heteroatoms. The summed E-state index contributed by atoms with van der Waals surface area (Å²) in [6.45, 7) is 4.88. The van der Waals surface area contributed by atoms with Gasteiger partial charge in [0, 0.05) is 17.6 Å². The van der Waals surface area contributed by atoms with Crippen LogP contribution in [0.1, 0.15) is 13.8 Å². The van der Waals surface area contributed by atoms with Gasteiger partial charge < -0.3 is 9.47 Å². The maximum Gasteiger partial charge on any atom is 0.162 e. The second-order valence-electron chi connectivity index (χ2n) is 4.29. The Kier molecular flexibility index (Phi) is 3.42. The molecule has 0 amide bonds. The summed E-state index contributed by atoms with van der Waals surface area (Å²) in [4.78, 5) is 8.18. The van der Waals surface area contributed by atoms with Gasteiger partial charge in [0.05, 0.1) is 19.2 Å². The van der Waals surface area contributed by atoms with Crippen LogP contribution in [0.4, 0.5) is 0 Å². The van der Waals surface area contributed by atoms with Crippen LogP contribution in [0.3, 0.4) is 0 Å². The van der Waals surface area contributed by atoms with E-state index in [2.05, 4.69) is 23.8 Å². The quantitative estimate of drug-likeness (QED) is 0.813. The molecule has 0 N–H and O–H groups in total. The summed E-state index contributed by atoms with van der Waals surface area (Å²) in [6, 6.07) is 3.78. The number of aromatic nitrogens is 2. The predicted molar refractivity (Wildman–Crippen MR) is 66.4 cm³/mol. The number of rotatable bonds is 4. The summed E-state index contributed by atoms with van der Waals surface area (Å²) in [5.41, 5.74) is 0.855. The number of benzene rings is 1. The molecule has 0 bridgehead atoms. The molecule has 0 saturated carbocycles. The molecule has 0 aliphatic rings. The lowest BCUT2D eigenvalue weighted by atomic mass is 10.2. The Morgan fingerprint density at radius 1 is 1.24 bits per heavy atom. The minimum atomic E-state index is 0.474. The van der Waals surface area contributed by atoms with Crippen molar-refractivity contribution in [3.05, 3.63) is 24.7 Å². The van der Waals surface area contributed by atoms with Crippen LogP contribution in [0.5, 0.6) is 11.5 Å². The van der Waals surface area contributed by atoms with Crippen LogP contribution in [-0.2, 0) is 0 Å². The van der Waals surface area contributed by atoms with E-state index in [0.29, 0.717) is 18.3 Å². The summed E-state index contributed by atoms with van der Waals surface area (Å²) >= 11 is 0. The Hall–Kier alpha value is -1.84. The minimum Gasteiger partial charge on any atom is -0.493 e. The third-order valence-electron chi connectivity index (χ3n) is 2.36. The van der Waals surface area contributed by atoms with Crippen LogP contribution < -0.4 is 9.47 Å². The van der Waals surface area contributed by atoms with E-state index in [1.54, 1.807) is 13.3 Å². The van der Waals surface area contributed by atoms with Gasteiger partial charge in [0.15, 0.2) is 11.5 Å². The maximum absolute atomic E-state index is 5.72. The third kappa shape index (κ3) is 2.64. The Labute approximate surface area is 101 Å². The average molecular weight is 232 g/mol. The van der Waals surface area contributed by atoms with Crippen LogP contribution in [0.15, 0.2) is 24.7 Å². The van der Waals surface area contributed by atoms with E-state index in [1.165, 1.54) is 6.33 Å². The highest BCUT2D eigenvalue weighted by molar-refractivity contribution is 5.81. The second-order valence-corrected chi connectivity index (χ2v) is 4.29. The van der Waals surface area contributed by atoms with Crippen molar-refractivity contribution in [2.45, 2.75) is 13.8 Å². The summed E-state index contributed by atoms with van der Waals surface area (Å²) in [7, 11) is 1.63. The van der Waals surface area contributed by atoms with Gasteiger partial charge in [-0.15, -0.1) is 0 Å². The molecular formula is C13H16N2O2. The zero-order valence-electron chi connectivity index (χ0n) is 10.3. The Bertz CT molecular complexity index is 512. The van der Waals surface area contributed by atoms with Gasteiger partial charge in [0.2, 0.25) is 0 Å². The molecule has 0 aliphatic carbocycles. The number of hydrogen-bond acceptors (Lipinski definition) is 4. The molecule has 90 valence electrons. The number of nitrogens with zero attached hydrogens (tertiary/aromatic N) is 2. The molecule has 0 saturated heterocycles. The van der Waals surface area contributed by atoms with Crippen molar-refractivity contribution in [2.75, 3.05) is 13.7 Å². The third-order valence-corrected chi connectivity index (χ3v) is 2.36. The number of methoxy groups -OCH3 is 1. The number of fused-ring (bicyclic) bond motifs is 1.